The van der Waals surface area contributed by atoms with Gasteiger partial charge in [0.2, 0.25) is 5.91 Å². The quantitative estimate of drug-likeness (QED) is 0.892. The molecule has 1 aromatic rings. The van der Waals surface area contributed by atoms with Crippen LogP contribution in [0.2, 0.25) is 5.15 Å². The first-order valence-electron chi connectivity index (χ1n) is 7.13. The lowest BCUT2D eigenvalue weighted by molar-refractivity contribution is -0.126. The van der Waals surface area contributed by atoms with Gasteiger partial charge in [-0.25, -0.2) is 0 Å². The van der Waals surface area contributed by atoms with E-state index in [1.165, 1.54) is 0 Å². The van der Waals surface area contributed by atoms with Crippen molar-refractivity contribution in [3.8, 4) is 0 Å². The summed E-state index contributed by atoms with van der Waals surface area (Å²) in [5.74, 6) is 0.809. The van der Waals surface area contributed by atoms with Crippen molar-refractivity contribution in [2.75, 3.05) is 31.7 Å². The van der Waals surface area contributed by atoms with Crippen LogP contribution in [0, 0.1) is 5.92 Å². The zero-order valence-corrected chi connectivity index (χ0v) is 13.1. The molecule has 1 N–H and O–H groups in total. The van der Waals surface area contributed by atoms with Gasteiger partial charge in [-0.05, 0) is 31.9 Å². The van der Waals surface area contributed by atoms with Gasteiger partial charge < -0.3 is 15.0 Å². The number of methoxy groups -OCH3 is 1. The molecule has 2 heterocycles. The van der Waals surface area contributed by atoms with Crippen LogP contribution in [0.5, 0.6) is 0 Å². The molecule has 1 amide bonds. The predicted octanol–water partition coefficient (Wildman–Crippen LogP) is 1.50. The van der Waals surface area contributed by atoms with Gasteiger partial charge in [-0.1, -0.05) is 11.6 Å². The first kappa shape index (κ1) is 16.0. The Morgan fingerprint density at radius 2 is 2.38 bits per heavy atom. The van der Waals surface area contributed by atoms with E-state index in [9.17, 15) is 4.79 Å². The van der Waals surface area contributed by atoms with Crippen molar-refractivity contribution < 1.29 is 9.53 Å². The maximum Gasteiger partial charge on any atom is 0.225 e. The van der Waals surface area contributed by atoms with Crippen LogP contribution in [0.3, 0.4) is 0 Å². The van der Waals surface area contributed by atoms with Crippen LogP contribution in [0.25, 0.3) is 0 Å². The summed E-state index contributed by atoms with van der Waals surface area (Å²) in [6, 6.07) is 3.57. The molecular weight excluding hydrogens is 292 g/mol. The second kappa shape index (κ2) is 7.56. The molecule has 2 rings (SSSR count). The molecular formula is C14H21ClN4O2. The number of nitrogens with zero attached hydrogens (tertiary/aromatic N) is 3. The number of carbonyl (C=O) groups excluding carboxylic acids is 1. The van der Waals surface area contributed by atoms with Crippen molar-refractivity contribution in [2.45, 2.75) is 25.8 Å². The van der Waals surface area contributed by atoms with Gasteiger partial charge in [-0.2, -0.15) is 0 Å². The number of hydrogen-bond donors (Lipinski definition) is 1. The van der Waals surface area contributed by atoms with Crippen LogP contribution >= 0.6 is 11.6 Å². The van der Waals surface area contributed by atoms with Crippen LogP contribution in [0.4, 0.5) is 5.82 Å². The van der Waals surface area contributed by atoms with Crippen molar-refractivity contribution in [1.82, 2.24) is 15.5 Å². The Bertz CT molecular complexity index is 469. The number of piperidine rings is 1. The first-order chi connectivity index (χ1) is 10.1. The van der Waals surface area contributed by atoms with E-state index >= 15 is 0 Å². The van der Waals surface area contributed by atoms with Crippen LogP contribution in [0.15, 0.2) is 12.1 Å². The number of aromatic nitrogens is 2. The van der Waals surface area contributed by atoms with Crippen LogP contribution in [-0.2, 0) is 9.53 Å². The Kier molecular flexibility index (Phi) is 5.76. The Morgan fingerprint density at radius 3 is 3.05 bits per heavy atom. The highest BCUT2D eigenvalue weighted by Crippen LogP contribution is 2.22. The highest BCUT2D eigenvalue weighted by molar-refractivity contribution is 6.29. The summed E-state index contributed by atoms with van der Waals surface area (Å²) in [5, 5.41) is 11.3. The summed E-state index contributed by atoms with van der Waals surface area (Å²) in [5.41, 5.74) is 0. The molecule has 6 nitrogen and oxygen atoms in total. The van der Waals surface area contributed by atoms with E-state index in [0.717, 1.165) is 25.2 Å². The van der Waals surface area contributed by atoms with E-state index in [1.807, 2.05) is 13.0 Å². The minimum Gasteiger partial charge on any atom is -0.383 e. The van der Waals surface area contributed by atoms with E-state index in [-0.39, 0.29) is 17.9 Å². The zero-order valence-electron chi connectivity index (χ0n) is 12.4. The van der Waals surface area contributed by atoms with Gasteiger partial charge in [-0.15, -0.1) is 10.2 Å². The minimum absolute atomic E-state index is 0.0215. The second-order valence-corrected chi connectivity index (χ2v) is 5.75. The first-order valence-corrected chi connectivity index (χ1v) is 7.51. The van der Waals surface area contributed by atoms with Crippen LogP contribution in [0.1, 0.15) is 19.8 Å². The molecule has 1 aromatic heterocycles. The third-order valence-corrected chi connectivity index (χ3v) is 3.74. The van der Waals surface area contributed by atoms with Crippen molar-refractivity contribution in [1.29, 1.82) is 0 Å². The van der Waals surface area contributed by atoms with Gasteiger partial charge in [0.25, 0.3) is 0 Å². The lowest BCUT2D eigenvalue weighted by Gasteiger charge is -2.33. The molecule has 0 spiro atoms. The molecule has 0 aromatic carbocycles. The van der Waals surface area contributed by atoms with Crippen LogP contribution in [-0.4, -0.2) is 49.0 Å². The van der Waals surface area contributed by atoms with E-state index in [1.54, 1.807) is 13.2 Å². The molecule has 0 saturated carbocycles. The van der Waals surface area contributed by atoms with E-state index in [0.29, 0.717) is 18.3 Å². The molecule has 1 fully saturated rings. The molecule has 0 aliphatic carbocycles. The summed E-state index contributed by atoms with van der Waals surface area (Å²) in [6.45, 7) is 3.99. The minimum atomic E-state index is -0.0319. The molecule has 0 radical (unpaired) electrons. The largest absolute Gasteiger partial charge is 0.383 e. The molecule has 0 bridgehead atoms. The maximum atomic E-state index is 12.3. The standard InChI is InChI=1S/C14H21ClN4O2/c1-10(9-21-2)16-14(20)11-4-3-7-19(8-11)13-6-5-12(15)17-18-13/h5-6,10-11H,3-4,7-9H2,1-2H3,(H,16,20). The second-order valence-electron chi connectivity index (χ2n) is 5.36. The lowest BCUT2D eigenvalue weighted by Crippen LogP contribution is -2.46. The monoisotopic (exact) mass is 312 g/mol. The molecule has 1 aliphatic heterocycles. The number of ether oxygens (including phenoxy) is 1. The maximum absolute atomic E-state index is 12.3. The number of nitrogens with one attached hydrogen (secondary N) is 1. The van der Waals surface area contributed by atoms with Crippen molar-refractivity contribution >= 4 is 23.3 Å². The van der Waals surface area contributed by atoms with Gasteiger partial charge in [0.15, 0.2) is 11.0 Å². The Balaban J connectivity index is 1.94. The van der Waals surface area contributed by atoms with Crippen molar-refractivity contribution in [3.05, 3.63) is 17.3 Å². The lowest BCUT2D eigenvalue weighted by atomic mass is 9.97. The van der Waals surface area contributed by atoms with E-state index in [4.69, 9.17) is 16.3 Å². The number of halogens is 1. The summed E-state index contributed by atoms with van der Waals surface area (Å²) >= 11 is 5.75. The van der Waals surface area contributed by atoms with Gasteiger partial charge in [0.05, 0.1) is 12.5 Å². The van der Waals surface area contributed by atoms with Gasteiger partial charge in [0.1, 0.15) is 0 Å². The highest BCUT2D eigenvalue weighted by atomic mass is 35.5. The zero-order chi connectivity index (χ0) is 15.2. The molecule has 116 valence electrons. The van der Waals surface area contributed by atoms with E-state index < -0.39 is 0 Å². The third kappa shape index (κ3) is 4.54. The molecule has 7 heteroatoms. The van der Waals surface area contributed by atoms with Crippen molar-refractivity contribution in [3.63, 3.8) is 0 Å². The fourth-order valence-electron chi connectivity index (χ4n) is 2.53. The molecule has 2 atom stereocenters. The summed E-state index contributed by atoms with van der Waals surface area (Å²) in [6.07, 6.45) is 1.85. The van der Waals surface area contributed by atoms with Gasteiger partial charge in [-0.3, -0.25) is 4.79 Å². The van der Waals surface area contributed by atoms with E-state index in [2.05, 4.69) is 20.4 Å². The van der Waals surface area contributed by atoms with Gasteiger partial charge >= 0.3 is 0 Å². The number of amides is 1. The predicted molar refractivity (Wildman–Crippen MR) is 81.5 cm³/mol. The Morgan fingerprint density at radius 1 is 1.57 bits per heavy atom. The molecule has 1 saturated heterocycles. The number of hydrogen-bond acceptors (Lipinski definition) is 5. The molecule has 2 unspecified atom stereocenters. The molecule has 21 heavy (non-hydrogen) atoms. The fraction of sp³-hybridized carbons (Fsp3) is 0.643. The summed E-state index contributed by atoms with van der Waals surface area (Å²) < 4.78 is 5.04. The van der Waals surface area contributed by atoms with Crippen molar-refractivity contribution in [2.24, 2.45) is 5.92 Å². The Labute approximate surface area is 129 Å². The third-order valence-electron chi connectivity index (χ3n) is 3.54. The summed E-state index contributed by atoms with van der Waals surface area (Å²) in [4.78, 5) is 14.3. The molecule has 1 aliphatic rings. The number of carbonyl (C=O) groups is 1. The smallest absolute Gasteiger partial charge is 0.225 e. The number of rotatable bonds is 5. The van der Waals surface area contributed by atoms with Crippen LogP contribution < -0.4 is 10.2 Å². The fourth-order valence-corrected chi connectivity index (χ4v) is 2.63. The summed E-state index contributed by atoms with van der Waals surface area (Å²) in [7, 11) is 1.63. The topological polar surface area (TPSA) is 67.3 Å². The SMILES string of the molecule is COCC(C)NC(=O)C1CCCN(c2ccc(Cl)nn2)C1. The average Bonchev–Trinajstić information content (AvgIpc) is 2.48. The van der Waals surface area contributed by atoms with Gasteiger partial charge in [0, 0.05) is 26.2 Å². The normalized spacial score (nSPS) is 20.1. The number of anilines is 1. The average molecular weight is 313 g/mol. The Hall–Kier alpha value is -1.40. The highest BCUT2D eigenvalue weighted by Gasteiger charge is 2.27.